The highest BCUT2D eigenvalue weighted by atomic mass is 35.5. The third-order valence-electron chi connectivity index (χ3n) is 5.13. The van der Waals surface area contributed by atoms with Gasteiger partial charge in [-0.15, -0.1) is 12.4 Å². The van der Waals surface area contributed by atoms with Gasteiger partial charge in [0.15, 0.2) is 0 Å². The first kappa shape index (κ1) is 18.9. The fraction of sp³-hybridized carbons (Fsp3) is 0.588. The highest BCUT2D eigenvalue weighted by molar-refractivity contribution is 6.35. The predicted octanol–water partition coefficient (Wildman–Crippen LogP) is 3.95. The van der Waals surface area contributed by atoms with Gasteiger partial charge in [-0.1, -0.05) is 29.3 Å². The van der Waals surface area contributed by atoms with Gasteiger partial charge in [0, 0.05) is 36.1 Å². The lowest BCUT2D eigenvalue weighted by molar-refractivity contribution is -0.133. The maximum absolute atomic E-state index is 12.4. The number of rotatable bonds is 3. The summed E-state index contributed by atoms with van der Waals surface area (Å²) in [6.45, 7) is 4.04. The number of nitrogens with one attached hydrogen (secondary N) is 1. The second-order valence-corrected chi connectivity index (χ2v) is 7.39. The summed E-state index contributed by atoms with van der Waals surface area (Å²) in [5.74, 6) is 0.242. The molecule has 2 aliphatic rings. The van der Waals surface area contributed by atoms with Crippen molar-refractivity contribution in [1.29, 1.82) is 0 Å². The van der Waals surface area contributed by atoms with Crippen molar-refractivity contribution in [2.75, 3.05) is 26.2 Å². The van der Waals surface area contributed by atoms with E-state index in [1.807, 2.05) is 17.0 Å². The molecular weight excluding hydrogens is 355 g/mol. The van der Waals surface area contributed by atoms with E-state index in [1.54, 1.807) is 6.07 Å². The Morgan fingerprint density at radius 2 is 1.96 bits per heavy atom. The second kappa shape index (κ2) is 8.06. The molecule has 2 aliphatic heterocycles. The first-order chi connectivity index (χ1) is 10.6. The Hall–Kier alpha value is -0.480. The van der Waals surface area contributed by atoms with Crippen LogP contribution in [0.25, 0.3) is 0 Å². The zero-order valence-electron chi connectivity index (χ0n) is 13.1. The minimum absolute atomic E-state index is 0. The molecule has 0 aromatic heterocycles. The molecule has 128 valence electrons. The summed E-state index contributed by atoms with van der Waals surface area (Å²) in [6.07, 6.45) is 4.72. The van der Waals surface area contributed by atoms with E-state index in [9.17, 15) is 4.79 Å². The Morgan fingerprint density at radius 3 is 2.57 bits per heavy atom. The fourth-order valence-electron chi connectivity index (χ4n) is 3.58. The monoisotopic (exact) mass is 376 g/mol. The van der Waals surface area contributed by atoms with Crippen LogP contribution < -0.4 is 5.32 Å². The number of benzene rings is 1. The van der Waals surface area contributed by atoms with Gasteiger partial charge in [0.05, 0.1) is 0 Å². The number of likely N-dealkylation sites (tertiary alicyclic amines) is 1. The number of nitrogens with zero attached hydrogens (tertiary/aromatic N) is 1. The van der Waals surface area contributed by atoms with Gasteiger partial charge >= 0.3 is 0 Å². The summed E-state index contributed by atoms with van der Waals surface area (Å²) in [5, 5.41) is 4.73. The molecule has 1 spiro atoms. The molecule has 1 amide bonds. The molecule has 0 bridgehead atoms. The zero-order valence-corrected chi connectivity index (χ0v) is 15.4. The number of aryl methyl sites for hydroxylation is 1. The summed E-state index contributed by atoms with van der Waals surface area (Å²) in [5.41, 5.74) is 1.45. The van der Waals surface area contributed by atoms with Crippen molar-refractivity contribution in [1.82, 2.24) is 10.2 Å². The average Bonchev–Trinajstić information content (AvgIpc) is 2.95. The Bertz CT molecular complexity index is 549. The van der Waals surface area contributed by atoms with E-state index in [4.69, 9.17) is 23.2 Å². The fourth-order valence-corrected chi connectivity index (χ4v) is 4.08. The van der Waals surface area contributed by atoms with Crippen LogP contribution >= 0.6 is 35.6 Å². The van der Waals surface area contributed by atoms with Crippen LogP contribution in [0.2, 0.25) is 10.0 Å². The standard InChI is InChI=1S/C17H22Cl2N2O.ClH/c18-14-3-1-13(15(19)11-14)2-4-16(22)21-9-6-17(7-10-21)5-8-20-12-17;/h1,3,11,20H,2,4-10,12H2;1H. The SMILES string of the molecule is Cl.O=C(CCc1ccc(Cl)cc1Cl)N1CCC2(CCNC2)CC1. The number of halogens is 3. The molecule has 0 aliphatic carbocycles. The van der Waals surface area contributed by atoms with Crippen molar-refractivity contribution < 1.29 is 4.79 Å². The molecule has 2 saturated heterocycles. The van der Waals surface area contributed by atoms with Gasteiger partial charge in [0.2, 0.25) is 5.91 Å². The minimum atomic E-state index is 0. The molecule has 3 rings (SSSR count). The molecule has 1 aromatic carbocycles. The first-order valence-electron chi connectivity index (χ1n) is 8.00. The number of hydrogen-bond donors (Lipinski definition) is 1. The molecule has 0 atom stereocenters. The third kappa shape index (κ3) is 4.54. The van der Waals surface area contributed by atoms with E-state index in [-0.39, 0.29) is 18.3 Å². The van der Waals surface area contributed by atoms with Crippen LogP contribution in [0.4, 0.5) is 0 Å². The van der Waals surface area contributed by atoms with Gasteiger partial charge in [-0.05, 0) is 55.3 Å². The van der Waals surface area contributed by atoms with Gasteiger partial charge in [-0.3, -0.25) is 4.79 Å². The topological polar surface area (TPSA) is 32.3 Å². The van der Waals surface area contributed by atoms with Crippen LogP contribution in [0, 0.1) is 5.41 Å². The second-order valence-electron chi connectivity index (χ2n) is 6.54. The van der Waals surface area contributed by atoms with E-state index in [0.717, 1.165) is 44.6 Å². The van der Waals surface area contributed by atoms with E-state index in [0.29, 0.717) is 28.3 Å². The van der Waals surface area contributed by atoms with Crippen LogP contribution in [0.5, 0.6) is 0 Å². The van der Waals surface area contributed by atoms with Gasteiger partial charge in [-0.25, -0.2) is 0 Å². The first-order valence-corrected chi connectivity index (χ1v) is 8.76. The Labute approximate surface area is 154 Å². The van der Waals surface area contributed by atoms with Gasteiger partial charge in [0.25, 0.3) is 0 Å². The molecule has 1 N–H and O–H groups in total. The van der Waals surface area contributed by atoms with Crippen molar-refractivity contribution in [2.45, 2.75) is 32.1 Å². The summed E-state index contributed by atoms with van der Waals surface area (Å²) in [4.78, 5) is 14.4. The number of amides is 1. The molecule has 0 saturated carbocycles. The Morgan fingerprint density at radius 1 is 1.22 bits per heavy atom. The molecule has 2 fully saturated rings. The highest BCUT2D eigenvalue weighted by Gasteiger charge is 2.37. The summed E-state index contributed by atoms with van der Waals surface area (Å²) < 4.78 is 0. The van der Waals surface area contributed by atoms with E-state index < -0.39 is 0 Å². The van der Waals surface area contributed by atoms with Crippen LogP contribution in [-0.2, 0) is 11.2 Å². The van der Waals surface area contributed by atoms with Gasteiger partial charge in [0.1, 0.15) is 0 Å². The molecule has 0 unspecified atom stereocenters. The maximum atomic E-state index is 12.4. The molecule has 1 aromatic rings. The van der Waals surface area contributed by atoms with E-state index in [2.05, 4.69) is 5.32 Å². The van der Waals surface area contributed by atoms with Crippen molar-refractivity contribution in [2.24, 2.45) is 5.41 Å². The zero-order chi connectivity index (χ0) is 15.6. The molecule has 23 heavy (non-hydrogen) atoms. The lowest BCUT2D eigenvalue weighted by atomic mass is 9.78. The van der Waals surface area contributed by atoms with Crippen LogP contribution in [0.1, 0.15) is 31.2 Å². The maximum Gasteiger partial charge on any atom is 0.222 e. The third-order valence-corrected chi connectivity index (χ3v) is 5.72. The molecule has 3 nitrogen and oxygen atoms in total. The largest absolute Gasteiger partial charge is 0.343 e. The lowest BCUT2D eigenvalue weighted by Crippen LogP contribution is -2.44. The van der Waals surface area contributed by atoms with E-state index in [1.165, 1.54) is 6.42 Å². The average molecular weight is 378 g/mol. The molecule has 6 heteroatoms. The Kier molecular flexibility index (Phi) is 6.61. The smallest absolute Gasteiger partial charge is 0.222 e. The van der Waals surface area contributed by atoms with Crippen molar-refractivity contribution in [3.63, 3.8) is 0 Å². The summed E-state index contributed by atoms with van der Waals surface area (Å²) in [6, 6.07) is 5.47. The Balaban J connectivity index is 0.00000192. The normalized spacial score (nSPS) is 19.7. The van der Waals surface area contributed by atoms with Crippen molar-refractivity contribution in [3.8, 4) is 0 Å². The quantitative estimate of drug-likeness (QED) is 0.865. The van der Waals surface area contributed by atoms with Crippen LogP contribution in [0.15, 0.2) is 18.2 Å². The predicted molar refractivity (Wildman–Crippen MR) is 97.8 cm³/mol. The summed E-state index contributed by atoms with van der Waals surface area (Å²) >= 11 is 12.1. The van der Waals surface area contributed by atoms with Crippen LogP contribution in [0.3, 0.4) is 0 Å². The van der Waals surface area contributed by atoms with Crippen LogP contribution in [-0.4, -0.2) is 37.0 Å². The number of piperidine rings is 1. The summed E-state index contributed by atoms with van der Waals surface area (Å²) in [7, 11) is 0. The van der Waals surface area contributed by atoms with Gasteiger partial charge in [-0.2, -0.15) is 0 Å². The highest BCUT2D eigenvalue weighted by Crippen LogP contribution is 2.37. The molecular formula is C17H23Cl3N2O. The van der Waals surface area contributed by atoms with Crippen molar-refractivity contribution >= 4 is 41.5 Å². The van der Waals surface area contributed by atoms with Gasteiger partial charge < -0.3 is 10.2 Å². The van der Waals surface area contributed by atoms with E-state index >= 15 is 0 Å². The van der Waals surface area contributed by atoms with Crippen molar-refractivity contribution in [3.05, 3.63) is 33.8 Å². The number of hydrogen-bond acceptors (Lipinski definition) is 2. The number of carbonyl (C=O) groups is 1. The molecule has 0 radical (unpaired) electrons. The molecule has 2 heterocycles. The minimum Gasteiger partial charge on any atom is -0.343 e. The lowest BCUT2D eigenvalue weighted by Gasteiger charge is -2.39. The number of carbonyl (C=O) groups excluding carboxylic acids is 1.